The first-order valence-corrected chi connectivity index (χ1v) is 6.98. The maximum atomic E-state index is 12.4. The molecule has 1 unspecified atom stereocenters. The van der Waals surface area contributed by atoms with Crippen LogP contribution in [0.3, 0.4) is 0 Å². The molecule has 0 aliphatic rings. The number of nitrogens with one attached hydrogen (secondary N) is 2. The maximum Gasteiger partial charge on any atom is 0.276 e. The van der Waals surface area contributed by atoms with Crippen LogP contribution in [0.5, 0.6) is 0 Å². The Morgan fingerprint density at radius 1 is 1.48 bits per heavy atom. The number of fused-ring (bicyclic) bond motifs is 1. The van der Waals surface area contributed by atoms with Gasteiger partial charge < -0.3 is 15.8 Å². The number of nitrogens with two attached hydrogens (primary N) is 1. The molecule has 0 aliphatic carbocycles. The zero-order valence-corrected chi connectivity index (χ0v) is 12.1. The van der Waals surface area contributed by atoms with E-state index in [9.17, 15) is 4.79 Å². The number of aromatic nitrogens is 1. The van der Waals surface area contributed by atoms with Crippen LogP contribution in [-0.2, 0) is 0 Å². The quantitative estimate of drug-likeness (QED) is 0.384. The summed E-state index contributed by atoms with van der Waals surface area (Å²) < 4.78 is 0. The standard InChI is InChI=1S/C14H17ClN4O2/c15-12(20)6-3-7-19(14(16)17)13(21)11-8-9-4-1-2-5-10(9)18-11/h1-2,4-5,8,12,18,20H,3,6-7H2,(H3,16,17). The monoisotopic (exact) mass is 308 g/mol. The summed E-state index contributed by atoms with van der Waals surface area (Å²) in [4.78, 5) is 16.6. The van der Waals surface area contributed by atoms with Crippen molar-refractivity contribution in [2.45, 2.75) is 18.4 Å². The number of hydrogen-bond donors (Lipinski definition) is 4. The maximum absolute atomic E-state index is 12.4. The number of aliphatic hydroxyl groups is 1. The van der Waals surface area contributed by atoms with Crippen molar-refractivity contribution >= 4 is 34.4 Å². The molecule has 0 spiro atoms. The fraction of sp³-hybridized carbons (Fsp3) is 0.286. The fourth-order valence-electron chi connectivity index (χ4n) is 2.08. The molecule has 21 heavy (non-hydrogen) atoms. The molecule has 112 valence electrons. The SMILES string of the molecule is N=C(N)N(CCCC(O)Cl)C(=O)c1cc2ccccc2[nH]1. The Hall–Kier alpha value is -2.05. The molecule has 0 bridgehead atoms. The summed E-state index contributed by atoms with van der Waals surface area (Å²) in [6.45, 7) is 0.229. The summed E-state index contributed by atoms with van der Waals surface area (Å²) in [5.74, 6) is -0.703. The lowest BCUT2D eigenvalue weighted by molar-refractivity contribution is 0.0835. The van der Waals surface area contributed by atoms with Crippen molar-refractivity contribution in [3.05, 3.63) is 36.0 Å². The third-order valence-electron chi connectivity index (χ3n) is 3.12. The Morgan fingerprint density at radius 2 is 2.19 bits per heavy atom. The minimum Gasteiger partial charge on any atom is -0.378 e. The molecule has 1 amide bonds. The molecule has 1 heterocycles. The van der Waals surface area contributed by atoms with Crippen molar-refractivity contribution in [1.29, 1.82) is 5.41 Å². The fourth-order valence-corrected chi connectivity index (χ4v) is 2.24. The van der Waals surface area contributed by atoms with Crippen molar-refractivity contribution in [3.63, 3.8) is 0 Å². The second-order valence-electron chi connectivity index (χ2n) is 4.69. The van der Waals surface area contributed by atoms with Gasteiger partial charge in [0, 0.05) is 17.4 Å². The number of halogens is 1. The first kappa shape index (κ1) is 15.3. The van der Waals surface area contributed by atoms with E-state index in [1.165, 1.54) is 0 Å². The van der Waals surface area contributed by atoms with E-state index in [2.05, 4.69) is 4.98 Å². The predicted octanol–water partition coefficient (Wildman–Crippen LogP) is 1.84. The number of alkyl halides is 1. The number of benzene rings is 1. The Morgan fingerprint density at radius 3 is 2.81 bits per heavy atom. The van der Waals surface area contributed by atoms with Gasteiger partial charge in [-0.25, -0.2) is 0 Å². The Bertz CT molecular complexity index is 620. The summed E-state index contributed by atoms with van der Waals surface area (Å²) in [5, 5.41) is 17.5. The van der Waals surface area contributed by atoms with Crippen LogP contribution in [0.2, 0.25) is 0 Å². The molecule has 1 aromatic heterocycles. The Balaban J connectivity index is 2.15. The zero-order chi connectivity index (χ0) is 15.4. The molecular weight excluding hydrogens is 292 g/mol. The first-order chi connectivity index (χ1) is 9.99. The third kappa shape index (κ3) is 3.74. The van der Waals surface area contributed by atoms with Crippen LogP contribution in [0.15, 0.2) is 30.3 Å². The molecule has 1 atom stereocenters. The molecule has 0 radical (unpaired) electrons. The van der Waals surface area contributed by atoms with Crippen molar-refractivity contribution in [2.24, 2.45) is 5.73 Å². The van der Waals surface area contributed by atoms with Gasteiger partial charge >= 0.3 is 0 Å². The normalized spacial score (nSPS) is 12.3. The summed E-state index contributed by atoms with van der Waals surface area (Å²) in [7, 11) is 0. The van der Waals surface area contributed by atoms with Crippen LogP contribution in [0.4, 0.5) is 0 Å². The van der Waals surface area contributed by atoms with E-state index in [4.69, 9.17) is 27.9 Å². The number of hydrogen-bond acceptors (Lipinski definition) is 3. The van der Waals surface area contributed by atoms with Gasteiger partial charge in [0.1, 0.15) is 11.3 Å². The molecule has 2 rings (SSSR count). The Kier molecular flexibility index (Phi) is 4.82. The van der Waals surface area contributed by atoms with E-state index >= 15 is 0 Å². The smallest absolute Gasteiger partial charge is 0.276 e. The number of aliphatic hydroxyl groups excluding tert-OH is 1. The van der Waals surface area contributed by atoms with Crippen molar-refractivity contribution < 1.29 is 9.90 Å². The van der Waals surface area contributed by atoms with Gasteiger partial charge in [0.2, 0.25) is 0 Å². The number of rotatable bonds is 5. The van der Waals surface area contributed by atoms with Crippen LogP contribution in [0.25, 0.3) is 10.9 Å². The van der Waals surface area contributed by atoms with Crippen LogP contribution >= 0.6 is 11.6 Å². The number of nitrogens with zero attached hydrogens (tertiary/aromatic N) is 1. The minimum absolute atomic E-state index is 0.229. The van der Waals surface area contributed by atoms with Gasteiger partial charge in [-0.1, -0.05) is 29.8 Å². The number of carbonyl (C=O) groups is 1. The molecular formula is C14H17ClN4O2. The van der Waals surface area contributed by atoms with Crippen LogP contribution < -0.4 is 5.73 Å². The predicted molar refractivity (Wildman–Crippen MR) is 82.3 cm³/mol. The average Bonchev–Trinajstić information content (AvgIpc) is 2.86. The van der Waals surface area contributed by atoms with E-state index in [1.54, 1.807) is 6.07 Å². The number of carbonyl (C=O) groups excluding carboxylic acids is 1. The van der Waals surface area contributed by atoms with Crippen molar-refractivity contribution in [1.82, 2.24) is 9.88 Å². The molecule has 5 N–H and O–H groups in total. The number of para-hydroxylation sites is 1. The van der Waals surface area contributed by atoms with E-state index in [0.29, 0.717) is 18.5 Å². The summed E-state index contributed by atoms with van der Waals surface area (Å²) in [5.41, 5.74) is 5.73. The molecule has 0 saturated carbocycles. The second kappa shape index (κ2) is 6.60. The van der Waals surface area contributed by atoms with Gasteiger partial charge in [0.15, 0.2) is 5.96 Å². The number of guanidine groups is 1. The molecule has 0 saturated heterocycles. The van der Waals surface area contributed by atoms with Gasteiger partial charge in [-0.05, 0) is 25.0 Å². The summed E-state index contributed by atoms with van der Waals surface area (Å²) in [6, 6.07) is 9.25. The van der Waals surface area contributed by atoms with E-state index in [1.807, 2.05) is 24.3 Å². The summed E-state index contributed by atoms with van der Waals surface area (Å²) >= 11 is 5.45. The number of amides is 1. The lowest BCUT2D eigenvalue weighted by Crippen LogP contribution is -2.42. The molecule has 1 aromatic carbocycles. The second-order valence-corrected chi connectivity index (χ2v) is 5.19. The largest absolute Gasteiger partial charge is 0.378 e. The Labute approximate surface area is 127 Å². The lowest BCUT2D eigenvalue weighted by atomic mass is 10.2. The zero-order valence-electron chi connectivity index (χ0n) is 11.3. The highest BCUT2D eigenvalue weighted by Crippen LogP contribution is 2.16. The number of H-pyrrole nitrogens is 1. The van der Waals surface area contributed by atoms with Gasteiger partial charge in [0.25, 0.3) is 5.91 Å². The molecule has 6 nitrogen and oxygen atoms in total. The van der Waals surface area contributed by atoms with E-state index in [-0.39, 0.29) is 18.4 Å². The first-order valence-electron chi connectivity index (χ1n) is 6.55. The van der Waals surface area contributed by atoms with Gasteiger partial charge in [-0.3, -0.25) is 15.1 Å². The molecule has 7 heteroatoms. The van der Waals surface area contributed by atoms with Crippen LogP contribution in [0, 0.1) is 5.41 Å². The van der Waals surface area contributed by atoms with Crippen molar-refractivity contribution in [2.75, 3.05) is 6.54 Å². The minimum atomic E-state index is -0.956. The number of aromatic amines is 1. The lowest BCUT2D eigenvalue weighted by Gasteiger charge is -2.20. The highest BCUT2D eigenvalue weighted by Gasteiger charge is 2.20. The highest BCUT2D eigenvalue weighted by molar-refractivity contribution is 6.19. The molecule has 0 fully saturated rings. The van der Waals surface area contributed by atoms with Gasteiger partial charge in [-0.15, -0.1) is 0 Å². The third-order valence-corrected chi connectivity index (χ3v) is 3.34. The van der Waals surface area contributed by atoms with E-state index < -0.39 is 5.56 Å². The van der Waals surface area contributed by atoms with Gasteiger partial charge in [-0.2, -0.15) is 0 Å². The highest BCUT2D eigenvalue weighted by atomic mass is 35.5. The molecule has 2 aromatic rings. The van der Waals surface area contributed by atoms with Crippen LogP contribution in [-0.4, -0.2) is 39.0 Å². The average molecular weight is 309 g/mol. The topological polar surface area (TPSA) is 106 Å². The van der Waals surface area contributed by atoms with Crippen LogP contribution in [0.1, 0.15) is 23.3 Å². The van der Waals surface area contributed by atoms with Crippen molar-refractivity contribution in [3.8, 4) is 0 Å². The van der Waals surface area contributed by atoms with Gasteiger partial charge in [0.05, 0.1) is 0 Å². The van der Waals surface area contributed by atoms with E-state index in [0.717, 1.165) is 15.8 Å². The summed E-state index contributed by atoms with van der Waals surface area (Å²) in [6.07, 6.45) is 0.779. The molecule has 0 aliphatic heterocycles.